The Morgan fingerprint density at radius 1 is 1.29 bits per heavy atom. The molecule has 1 aliphatic rings. The number of thioether (sulfide) groups is 1. The molecule has 1 rings (SSSR count). The maximum atomic E-state index is 12.4. The van der Waals surface area contributed by atoms with Gasteiger partial charge in [0.2, 0.25) is 0 Å². The van der Waals surface area contributed by atoms with Crippen LogP contribution in [0, 0.1) is 0 Å². The van der Waals surface area contributed by atoms with Gasteiger partial charge in [-0.15, -0.1) is 0 Å². The lowest BCUT2D eigenvalue weighted by Gasteiger charge is -2.22. The second kappa shape index (κ2) is 10.5. The molecule has 0 aromatic heterocycles. The van der Waals surface area contributed by atoms with Crippen molar-refractivity contribution in [1.29, 1.82) is 0 Å². The largest absolute Gasteiger partial charge is 0.361 e. The van der Waals surface area contributed by atoms with Gasteiger partial charge in [0.1, 0.15) is 6.73 Å². The average molecular weight is 375 g/mol. The van der Waals surface area contributed by atoms with Crippen molar-refractivity contribution in [3.63, 3.8) is 0 Å². The zero-order chi connectivity index (χ0) is 18.2. The van der Waals surface area contributed by atoms with Gasteiger partial charge in [0, 0.05) is 40.4 Å². The maximum absolute atomic E-state index is 12.4. The predicted octanol–water partition coefficient (Wildman–Crippen LogP) is 3.87. The summed E-state index contributed by atoms with van der Waals surface area (Å²) >= 11 is 1.39. The van der Waals surface area contributed by atoms with Crippen LogP contribution in [0.5, 0.6) is 0 Å². The van der Waals surface area contributed by atoms with Crippen molar-refractivity contribution in [2.45, 2.75) is 64.8 Å². The third-order valence-electron chi connectivity index (χ3n) is 4.14. The molecule has 1 atom stereocenters. The molecule has 1 aliphatic heterocycles. The highest BCUT2D eigenvalue weighted by atomic mass is 32.2. The number of carbonyl (C=O) groups excluding carboxylic acids is 2. The van der Waals surface area contributed by atoms with Gasteiger partial charge in [-0.1, -0.05) is 37.8 Å². The molecule has 0 saturated carbocycles. The zero-order valence-corrected chi connectivity index (χ0v) is 17.8. The lowest BCUT2D eigenvalue weighted by atomic mass is 10.2. The standard InChI is InChI=1S/C17H34N2O3SSi/c1-15-13-18(9-7-6-8-11-23-16(2)20)17(21)19(15)14-22-10-12-24(3,4)5/h15H,6-14H2,1-5H3. The van der Waals surface area contributed by atoms with E-state index in [-0.39, 0.29) is 17.2 Å². The van der Waals surface area contributed by atoms with Crippen LogP contribution in [0.1, 0.15) is 33.1 Å². The van der Waals surface area contributed by atoms with Crippen LogP contribution < -0.4 is 0 Å². The zero-order valence-electron chi connectivity index (χ0n) is 16.0. The first-order valence-corrected chi connectivity index (χ1v) is 13.7. The summed E-state index contributed by atoms with van der Waals surface area (Å²) in [4.78, 5) is 27.1. The highest BCUT2D eigenvalue weighted by molar-refractivity contribution is 8.13. The molecule has 1 fully saturated rings. The van der Waals surface area contributed by atoms with E-state index >= 15 is 0 Å². The van der Waals surface area contributed by atoms with Crippen molar-refractivity contribution in [3.8, 4) is 0 Å². The van der Waals surface area contributed by atoms with Crippen molar-refractivity contribution in [2.75, 3.05) is 32.2 Å². The second-order valence-corrected chi connectivity index (χ2v) is 14.7. The summed E-state index contributed by atoms with van der Waals surface area (Å²) in [6.07, 6.45) is 3.09. The smallest absolute Gasteiger partial charge is 0.322 e. The number of rotatable bonds is 11. The molecule has 2 amide bonds. The average Bonchev–Trinajstić information content (AvgIpc) is 2.72. The SMILES string of the molecule is CC(=O)SCCCCCN1CC(C)N(COCC[Si](C)(C)C)C1=O. The van der Waals surface area contributed by atoms with Gasteiger partial charge in [-0.2, -0.15) is 0 Å². The monoisotopic (exact) mass is 374 g/mol. The first kappa shape index (κ1) is 21.5. The number of ether oxygens (including phenoxy) is 1. The molecule has 1 unspecified atom stereocenters. The first-order valence-electron chi connectivity index (χ1n) is 8.97. The van der Waals surface area contributed by atoms with Crippen molar-refractivity contribution in [2.24, 2.45) is 0 Å². The summed E-state index contributed by atoms with van der Waals surface area (Å²) in [5.74, 6) is 0.886. The number of nitrogens with zero attached hydrogens (tertiary/aromatic N) is 2. The summed E-state index contributed by atoms with van der Waals surface area (Å²) in [5, 5.41) is 0.184. The fraction of sp³-hybridized carbons (Fsp3) is 0.882. The van der Waals surface area contributed by atoms with Crippen LogP contribution in [0.3, 0.4) is 0 Å². The molecule has 5 nitrogen and oxygen atoms in total. The quantitative estimate of drug-likeness (QED) is 0.407. The van der Waals surface area contributed by atoms with Crippen LogP contribution in [0.25, 0.3) is 0 Å². The third-order valence-corrected chi connectivity index (χ3v) is 6.74. The molecule has 0 aromatic carbocycles. The van der Waals surface area contributed by atoms with Gasteiger partial charge >= 0.3 is 6.03 Å². The van der Waals surface area contributed by atoms with E-state index in [2.05, 4.69) is 26.6 Å². The molecule has 140 valence electrons. The van der Waals surface area contributed by atoms with E-state index in [9.17, 15) is 9.59 Å². The van der Waals surface area contributed by atoms with E-state index < -0.39 is 8.07 Å². The Hall–Kier alpha value is -0.533. The van der Waals surface area contributed by atoms with Crippen LogP contribution in [0.4, 0.5) is 4.79 Å². The number of hydrogen-bond acceptors (Lipinski definition) is 4. The molecule has 0 aliphatic carbocycles. The summed E-state index contributed by atoms with van der Waals surface area (Å²) < 4.78 is 5.74. The molecule has 0 aromatic rings. The van der Waals surface area contributed by atoms with Gasteiger partial charge in [-0.25, -0.2) is 4.79 Å². The van der Waals surface area contributed by atoms with E-state index in [1.165, 1.54) is 11.8 Å². The number of amides is 2. The van der Waals surface area contributed by atoms with Crippen LogP contribution in [-0.4, -0.2) is 67.2 Å². The lowest BCUT2D eigenvalue weighted by Crippen LogP contribution is -2.36. The Morgan fingerprint density at radius 2 is 2.00 bits per heavy atom. The van der Waals surface area contributed by atoms with Crippen LogP contribution >= 0.6 is 11.8 Å². The van der Waals surface area contributed by atoms with Crippen molar-refractivity contribution in [1.82, 2.24) is 9.80 Å². The summed E-state index contributed by atoms with van der Waals surface area (Å²) in [5.41, 5.74) is 0. The molecule has 0 bridgehead atoms. The third kappa shape index (κ3) is 8.53. The van der Waals surface area contributed by atoms with E-state index in [1.54, 1.807) is 6.92 Å². The maximum Gasteiger partial charge on any atom is 0.322 e. The number of hydrogen-bond donors (Lipinski definition) is 0. The Bertz CT molecular complexity index is 415. The van der Waals surface area contributed by atoms with Crippen molar-refractivity contribution < 1.29 is 14.3 Å². The summed E-state index contributed by atoms with van der Waals surface area (Å²) in [6, 6.07) is 1.46. The number of urea groups is 1. The fourth-order valence-electron chi connectivity index (χ4n) is 2.57. The van der Waals surface area contributed by atoms with Crippen molar-refractivity contribution >= 4 is 31.0 Å². The normalized spacial score (nSPS) is 18.5. The minimum Gasteiger partial charge on any atom is -0.361 e. The molecule has 0 radical (unpaired) electrons. The van der Waals surface area contributed by atoms with Gasteiger partial charge in [0.15, 0.2) is 5.12 Å². The minimum atomic E-state index is -1.08. The van der Waals surface area contributed by atoms with Gasteiger partial charge in [0.05, 0.1) is 6.04 Å². The Balaban J connectivity index is 2.20. The summed E-state index contributed by atoms with van der Waals surface area (Å²) in [6.45, 7) is 13.4. The lowest BCUT2D eigenvalue weighted by molar-refractivity contribution is -0.109. The first-order chi connectivity index (χ1) is 11.2. The molecular formula is C17H34N2O3SSi. The predicted molar refractivity (Wildman–Crippen MR) is 104 cm³/mol. The molecule has 0 N–H and O–H groups in total. The highest BCUT2D eigenvalue weighted by Gasteiger charge is 2.33. The summed E-state index contributed by atoms with van der Waals surface area (Å²) in [7, 11) is -1.08. The molecular weight excluding hydrogens is 340 g/mol. The van der Waals surface area contributed by atoms with Gasteiger partial charge < -0.3 is 9.64 Å². The van der Waals surface area contributed by atoms with E-state index in [0.717, 1.165) is 50.8 Å². The minimum absolute atomic E-state index is 0.105. The molecule has 1 heterocycles. The Morgan fingerprint density at radius 3 is 2.62 bits per heavy atom. The van der Waals surface area contributed by atoms with E-state index in [0.29, 0.717) is 6.73 Å². The van der Waals surface area contributed by atoms with Crippen LogP contribution in [0.15, 0.2) is 0 Å². The Labute approximate surface area is 152 Å². The number of carbonyl (C=O) groups is 2. The highest BCUT2D eigenvalue weighted by Crippen LogP contribution is 2.17. The molecule has 7 heteroatoms. The number of unbranched alkanes of at least 4 members (excludes halogenated alkanes) is 2. The van der Waals surface area contributed by atoms with Gasteiger partial charge in [0.25, 0.3) is 0 Å². The van der Waals surface area contributed by atoms with E-state index in [1.807, 2.05) is 9.80 Å². The van der Waals surface area contributed by atoms with Gasteiger partial charge in [-0.3, -0.25) is 9.69 Å². The van der Waals surface area contributed by atoms with Crippen molar-refractivity contribution in [3.05, 3.63) is 0 Å². The van der Waals surface area contributed by atoms with E-state index in [4.69, 9.17) is 4.74 Å². The fourth-order valence-corrected chi connectivity index (χ4v) is 3.97. The molecule has 1 saturated heterocycles. The molecule has 24 heavy (non-hydrogen) atoms. The van der Waals surface area contributed by atoms with Crippen LogP contribution in [0.2, 0.25) is 25.7 Å². The Kier molecular flexibility index (Phi) is 9.37. The molecule has 0 spiro atoms. The van der Waals surface area contributed by atoms with Crippen LogP contribution in [-0.2, 0) is 9.53 Å². The second-order valence-electron chi connectivity index (χ2n) is 7.80. The topological polar surface area (TPSA) is 49.9 Å². The van der Waals surface area contributed by atoms with Gasteiger partial charge in [-0.05, 0) is 25.8 Å².